The Kier molecular flexibility index (Phi) is 6.28. The molecule has 3 amide bonds. The fourth-order valence-electron chi connectivity index (χ4n) is 2.97. The zero-order valence-electron chi connectivity index (χ0n) is 13.6. The number of hydrogen-bond acceptors (Lipinski definition) is 2. The Labute approximate surface area is 133 Å². The summed E-state index contributed by atoms with van der Waals surface area (Å²) in [4.78, 5) is 26.2. The van der Waals surface area contributed by atoms with Crippen LogP contribution in [-0.4, -0.2) is 42.0 Å². The highest BCUT2D eigenvalue weighted by Crippen LogP contribution is 2.29. The lowest BCUT2D eigenvalue weighted by molar-refractivity contribution is -0.124. The molecule has 0 spiro atoms. The van der Waals surface area contributed by atoms with Crippen molar-refractivity contribution in [2.45, 2.75) is 64.0 Å². The molecule has 2 aliphatic rings. The van der Waals surface area contributed by atoms with Crippen molar-refractivity contribution in [1.82, 2.24) is 15.5 Å². The highest BCUT2D eigenvalue weighted by Gasteiger charge is 2.39. The summed E-state index contributed by atoms with van der Waals surface area (Å²) >= 11 is 0. The minimum Gasteiger partial charge on any atom is -0.351 e. The highest BCUT2D eigenvalue weighted by atomic mass is 16.2. The molecule has 5 heteroatoms. The van der Waals surface area contributed by atoms with E-state index in [-0.39, 0.29) is 18.0 Å². The van der Waals surface area contributed by atoms with E-state index in [9.17, 15) is 9.59 Å². The van der Waals surface area contributed by atoms with Gasteiger partial charge in [0.25, 0.3) is 0 Å². The van der Waals surface area contributed by atoms with E-state index in [2.05, 4.69) is 24.1 Å². The lowest BCUT2D eigenvalue weighted by atomic mass is 10.2. The molecule has 0 radical (unpaired) electrons. The molecule has 0 aromatic carbocycles. The number of unbranched alkanes of at least 4 members (excludes halogenated alkanes) is 3. The fourth-order valence-corrected chi connectivity index (χ4v) is 2.97. The van der Waals surface area contributed by atoms with Gasteiger partial charge in [-0.2, -0.15) is 0 Å². The van der Waals surface area contributed by atoms with Crippen LogP contribution in [-0.2, 0) is 4.79 Å². The van der Waals surface area contributed by atoms with Crippen LogP contribution >= 0.6 is 0 Å². The Hall–Kier alpha value is -1.52. The van der Waals surface area contributed by atoms with E-state index in [1.807, 2.05) is 6.08 Å². The molecule has 1 heterocycles. The number of urea groups is 1. The van der Waals surface area contributed by atoms with Gasteiger partial charge in [-0.1, -0.05) is 19.4 Å². The van der Waals surface area contributed by atoms with Gasteiger partial charge in [0.2, 0.25) is 5.91 Å². The topological polar surface area (TPSA) is 61.4 Å². The molecule has 22 heavy (non-hydrogen) atoms. The van der Waals surface area contributed by atoms with Crippen LogP contribution in [0.4, 0.5) is 4.79 Å². The normalized spacial score (nSPS) is 26.6. The molecular weight excluding hydrogens is 278 g/mol. The van der Waals surface area contributed by atoms with Crippen LogP contribution in [0.3, 0.4) is 0 Å². The van der Waals surface area contributed by atoms with Crippen molar-refractivity contribution in [3.8, 4) is 0 Å². The second-order valence-electron chi connectivity index (χ2n) is 6.55. The quantitative estimate of drug-likeness (QED) is 0.534. The lowest BCUT2D eigenvalue weighted by Crippen LogP contribution is -2.50. The molecule has 0 aromatic heterocycles. The summed E-state index contributed by atoms with van der Waals surface area (Å²) in [5, 5.41) is 6.00. The molecule has 1 aliphatic carbocycles. The predicted molar refractivity (Wildman–Crippen MR) is 87.5 cm³/mol. The number of nitrogens with one attached hydrogen (secondary N) is 2. The molecule has 124 valence electrons. The number of amides is 3. The molecule has 5 nitrogen and oxygen atoms in total. The molecule has 2 rings (SSSR count). The number of likely N-dealkylation sites (tertiary alicyclic amines) is 1. The Balaban J connectivity index is 1.68. The van der Waals surface area contributed by atoms with Crippen molar-refractivity contribution in [1.29, 1.82) is 0 Å². The van der Waals surface area contributed by atoms with Gasteiger partial charge in [-0.15, -0.1) is 6.58 Å². The van der Waals surface area contributed by atoms with Crippen LogP contribution in [0, 0.1) is 5.92 Å². The van der Waals surface area contributed by atoms with Crippen molar-refractivity contribution in [2.75, 3.05) is 13.1 Å². The fraction of sp³-hybridized carbons (Fsp3) is 0.765. The molecule has 2 fully saturated rings. The van der Waals surface area contributed by atoms with E-state index in [0.717, 1.165) is 44.9 Å². The van der Waals surface area contributed by atoms with Gasteiger partial charge < -0.3 is 15.5 Å². The van der Waals surface area contributed by atoms with E-state index >= 15 is 0 Å². The minimum absolute atomic E-state index is 0.0213. The van der Waals surface area contributed by atoms with Gasteiger partial charge in [0.15, 0.2) is 0 Å². The van der Waals surface area contributed by atoms with Crippen LogP contribution < -0.4 is 10.6 Å². The van der Waals surface area contributed by atoms with E-state index < -0.39 is 0 Å². The van der Waals surface area contributed by atoms with Crippen LogP contribution in [0.5, 0.6) is 0 Å². The van der Waals surface area contributed by atoms with Crippen LogP contribution in [0.2, 0.25) is 0 Å². The zero-order valence-corrected chi connectivity index (χ0v) is 13.6. The van der Waals surface area contributed by atoms with Gasteiger partial charge in [-0.25, -0.2) is 4.79 Å². The SMILES string of the molecule is C=CCCCCCNC(=O)N1CCCC1C(=O)N[C@@H]1CC1C. The largest absolute Gasteiger partial charge is 0.351 e. The molecule has 0 bridgehead atoms. The average Bonchev–Trinajstić information content (AvgIpc) is 3.01. The van der Waals surface area contributed by atoms with E-state index in [1.165, 1.54) is 0 Å². The molecule has 1 aliphatic heterocycles. The second-order valence-corrected chi connectivity index (χ2v) is 6.55. The van der Waals surface area contributed by atoms with Gasteiger partial charge in [0, 0.05) is 19.1 Å². The van der Waals surface area contributed by atoms with E-state index in [1.54, 1.807) is 4.90 Å². The van der Waals surface area contributed by atoms with Crippen molar-refractivity contribution < 1.29 is 9.59 Å². The number of carbonyl (C=O) groups is 2. The highest BCUT2D eigenvalue weighted by molar-refractivity contribution is 5.88. The van der Waals surface area contributed by atoms with Gasteiger partial charge in [-0.05, 0) is 44.4 Å². The molecule has 1 saturated heterocycles. The second kappa shape index (κ2) is 8.20. The zero-order chi connectivity index (χ0) is 15.9. The third kappa shape index (κ3) is 4.75. The Morgan fingerprint density at radius 1 is 1.32 bits per heavy atom. The Bertz CT molecular complexity index is 411. The molecule has 3 atom stereocenters. The molecular formula is C17H29N3O2. The first kappa shape index (κ1) is 16.8. The van der Waals surface area contributed by atoms with Gasteiger partial charge in [0.1, 0.15) is 6.04 Å². The van der Waals surface area contributed by atoms with Crippen LogP contribution in [0.15, 0.2) is 12.7 Å². The summed E-state index contributed by atoms with van der Waals surface area (Å²) in [6.45, 7) is 7.20. The molecule has 2 unspecified atom stereocenters. The van der Waals surface area contributed by atoms with Gasteiger partial charge in [0.05, 0.1) is 0 Å². The van der Waals surface area contributed by atoms with Crippen molar-refractivity contribution in [3.05, 3.63) is 12.7 Å². The first-order chi connectivity index (χ1) is 10.6. The maximum Gasteiger partial charge on any atom is 0.318 e. The number of nitrogens with zero attached hydrogens (tertiary/aromatic N) is 1. The van der Waals surface area contributed by atoms with Crippen LogP contribution in [0.1, 0.15) is 51.9 Å². The van der Waals surface area contributed by atoms with E-state index in [4.69, 9.17) is 0 Å². The predicted octanol–water partition coefficient (Wildman–Crippen LogP) is 2.43. The molecule has 2 N–H and O–H groups in total. The van der Waals surface area contributed by atoms with Gasteiger partial charge >= 0.3 is 6.03 Å². The number of carbonyl (C=O) groups excluding carboxylic acids is 2. The van der Waals surface area contributed by atoms with Gasteiger partial charge in [-0.3, -0.25) is 4.79 Å². The monoisotopic (exact) mass is 307 g/mol. The lowest BCUT2D eigenvalue weighted by Gasteiger charge is -2.24. The Morgan fingerprint density at radius 2 is 2.09 bits per heavy atom. The summed E-state index contributed by atoms with van der Waals surface area (Å²) in [5.41, 5.74) is 0. The third-order valence-corrected chi connectivity index (χ3v) is 4.61. The van der Waals surface area contributed by atoms with Crippen molar-refractivity contribution >= 4 is 11.9 Å². The first-order valence-electron chi connectivity index (χ1n) is 8.59. The molecule has 1 saturated carbocycles. The summed E-state index contributed by atoms with van der Waals surface area (Å²) in [5.74, 6) is 0.608. The van der Waals surface area contributed by atoms with Crippen molar-refractivity contribution in [3.63, 3.8) is 0 Å². The van der Waals surface area contributed by atoms with Crippen molar-refractivity contribution in [2.24, 2.45) is 5.92 Å². The standard InChI is InChI=1S/C17H29N3O2/c1-3-4-5-6-7-10-18-17(22)20-11-8-9-15(20)16(21)19-14-12-13(14)2/h3,13-15H,1,4-12H2,2H3,(H,18,22)(H,19,21)/t13?,14-,15?/m1/s1. The number of rotatable bonds is 8. The number of hydrogen-bond donors (Lipinski definition) is 2. The summed E-state index contributed by atoms with van der Waals surface area (Å²) in [7, 11) is 0. The Morgan fingerprint density at radius 3 is 2.77 bits per heavy atom. The maximum absolute atomic E-state index is 12.3. The third-order valence-electron chi connectivity index (χ3n) is 4.61. The molecule has 0 aromatic rings. The maximum atomic E-state index is 12.3. The summed E-state index contributed by atoms with van der Waals surface area (Å²) < 4.78 is 0. The van der Waals surface area contributed by atoms with Crippen LogP contribution in [0.25, 0.3) is 0 Å². The number of allylic oxidation sites excluding steroid dienone is 1. The summed E-state index contributed by atoms with van der Waals surface area (Å²) in [6, 6.07) is -0.0540. The average molecular weight is 307 g/mol. The smallest absolute Gasteiger partial charge is 0.318 e. The minimum atomic E-state index is -0.284. The van der Waals surface area contributed by atoms with E-state index in [0.29, 0.717) is 25.0 Å². The summed E-state index contributed by atoms with van der Waals surface area (Å²) in [6.07, 6.45) is 8.89. The first-order valence-corrected chi connectivity index (χ1v) is 8.59.